The van der Waals surface area contributed by atoms with Crippen LogP contribution in [0.15, 0.2) is 24.3 Å². The second kappa shape index (κ2) is 5.54. The van der Waals surface area contributed by atoms with E-state index in [1.165, 1.54) is 6.92 Å². The number of carbonyl (C=O) groups excluding carboxylic acids is 1. The standard InChI is InChI=1S/C16H22O4/c1-12(17)20-15(2,3)11-13-6-5-7-14(10-13)16(4)18-8-9-19-16/h5-7,10H,8-9,11H2,1-4H3. The third-order valence-corrected chi connectivity index (χ3v) is 3.34. The molecule has 1 aromatic rings. The van der Waals surface area contributed by atoms with E-state index in [-0.39, 0.29) is 5.97 Å². The van der Waals surface area contributed by atoms with E-state index in [2.05, 4.69) is 6.07 Å². The van der Waals surface area contributed by atoms with Crippen molar-refractivity contribution in [1.82, 2.24) is 0 Å². The SMILES string of the molecule is CC(=O)OC(C)(C)Cc1cccc(C2(C)OCCO2)c1. The fraction of sp³-hybridized carbons (Fsp3) is 0.562. The average Bonchev–Trinajstić information content (AvgIpc) is 2.75. The van der Waals surface area contributed by atoms with Crippen LogP contribution in [0.25, 0.3) is 0 Å². The Hall–Kier alpha value is -1.39. The lowest BCUT2D eigenvalue weighted by molar-refractivity contribution is -0.153. The van der Waals surface area contributed by atoms with Gasteiger partial charge in [-0.25, -0.2) is 0 Å². The van der Waals surface area contributed by atoms with Gasteiger partial charge in [0.05, 0.1) is 13.2 Å². The van der Waals surface area contributed by atoms with Crippen LogP contribution in [0.2, 0.25) is 0 Å². The predicted molar refractivity (Wildman–Crippen MR) is 75.2 cm³/mol. The first-order chi connectivity index (χ1) is 9.31. The lowest BCUT2D eigenvalue weighted by Gasteiger charge is -2.26. The van der Waals surface area contributed by atoms with E-state index in [1.54, 1.807) is 0 Å². The summed E-state index contributed by atoms with van der Waals surface area (Å²) in [5.74, 6) is -0.928. The first-order valence-corrected chi connectivity index (χ1v) is 6.88. The van der Waals surface area contributed by atoms with Gasteiger partial charge in [0.2, 0.25) is 0 Å². The molecule has 1 aliphatic heterocycles. The highest BCUT2D eigenvalue weighted by Gasteiger charge is 2.33. The van der Waals surface area contributed by atoms with Crippen LogP contribution in [-0.2, 0) is 31.2 Å². The largest absolute Gasteiger partial charge is 0.460 e. The Morgan fingerprint density at radius 1 is 1.35 bits per heavy atom. The molecule has 4 heteroatoms. The van der Waals surface area contributed by atoms with Crippen molar-refractivity contribution in [2.75, 3.05) is 13.2 Å². The number of benzene rings is 1. The van der Waals surface area contributed by atoms with E-state index in [4.69, 9.17) is 14.2 Å². The number of ether oxygens (including phenoxy) is 3. The van der Waals surface area contributed by atoms with E-state index in [1.807, 2.05) is 39.0 Å². The smallest absolute Gasteiger partial charge is 0.303 e. The first kappa shape index (κ1) is 15.0. The van der Waals surface area contributed by atoms with Crippen LogP contribution >= 0.6 is 0 Å². The topological polar surface area (TPSA) is 44.8 Å². The van der Waals surface area contributed by atoms with Crippen molar-refractivity contribution < 1.29 is 19.0 Å². The quantitative estimate of drug-likeness (QED) is 0.794. The minimum Gasteiger partial charge on any atom is -0.460 e. The third-order valence-electron chi connectivity index (χ3n) is 3.34. The van der Waals surface area contributed by atoms with Crippen LogP contribution in [0.3, 0.4) is 0 Å². The van der Waals surface area contributed by atoms with Crippen LogP contribution in [0.1, 0.15) is 38.8 Å². The molecule has 1 saturated heterocycles. The van der Waals surface area contributed by atoms with Gasteiger partial charge in [-0.1, -0.05) is 24.3 Å². The summed E-state index contributed by atoms with van der Waals surface area (Å²) in [5.41, 5.74) is 1.56. The summed E-state index contributed by atoms with van der Waals surface area (Å²) >= 11 is 0. The Morgan fingerprint density at radius 2 is 2.00 bits per heavy atom. The second-order valence-electron chi connectivity index (χ2n) is 5.87. The molecule has 0 saturated carbocycles. The maximum atomic E-state index is 11.1. The van der Waals surface area contributed by atoms with E-state index in [0.717, 1.165) is 11.1 Å². The van der Waals surface area contributed by atoms with Gasteiger partial charge in [-0.15, -0.1) is 0 Å². The number of esters is 1. The van der Waals surface area contributed by atoms with Crippen molar-refractivity contribution in [2.24, 2.45) is 0 Å². The molecule has 1 heterocycles. The minimum absolute atomic E-state index is 0.263. The Kier molecular flexibility index (Phi) is 4.16. The van der Waals surface area contributed by atoms with Crippen LogP contribution in [0.5, 0.6) is 0 Å². The molecular weight excluding hydrogens is 256 g/mol. The summed E-state index contributed by atoms with van der Waals surface area (Å²) in [6.07, 6.45) is 0.649. The summed E-state index contributed by atoms with van der Waals surface area (Å²) in [5, 5.41) is 0. The van der Waals surface area contributed by atoms with Crippen LogP contribution < -0.4 is 0 Å². The Morgan fingerprint density at radius 3 is 2.60 bits per heavy atom. The molecule has 0 spiro atoms. The summed E-state index contributed by atoms with van der Waals surface area (Å²) in [7, 11) is 0. The molecule has 1 fully saturated rings. The van der Waals surface area contributed by atoms with Gasteiger partial charge in [-0.2, -0.15) is 0 Å². The Labute approximate surface area is 120 Å². The maximum Gasteiger partial charge on any atom is 0.303 e. The fourth-order valence-electron chi connectivity index (χ4n) is 2.56. The molecule has 1 aromatic carbocycles. The number of rotatable bonds is 4. The number of carbonyl (C=O) groups is 1. The molecule has 0 unspecified atom stereocenters. The number of hydrogen-bond acceptors (Lipinski definition) is 4. The summed E-state index contributed by atoms with van der Waals surface area (Å²) < 4.78 is 16.7. The van der Waals surface area contributed by atoms with E-state index >= 15 is 0 Å². The average molecular weight is 278 g/mol. The molecule has 2 rings (SSSR count). The van der Waals surface area contributed by atoms with Gasteiger partial charge in [0, 0.05) is 18.9 Å². The summed E-state index contributed by atoms with van der Waals surface area (Å²) in [6.45, 7) is 8.39. The van der Waals surface area contributed by atoms with Gasteiger partial charge >= 0.3 is 5.97 Å². The second-order valence-corrected chi connectivity index (χ2v) is 5.87. The molecular formula is C16H22O4. The fourth-order valence-corrected chi connectivity index (χ4v) is 2.56. The van der Waals surface area contributed by atoms with Crippen LogP contribution in [-0.4, -0.2) is 24.8 Å². The molecule has 0 aliphatic carbocycles. The highest BCUT2D eigenvalue weighted by atomic mass is 16.7. The molecule has 0 radical (unpaired) electrons. The Bertz CT molecular complexity index is 487. The molecule has 110 valence electrons. The normalized spacial score (nSPS) is 18.0. The highest BCUT2D eigenvalue weighted by molar-refractivity contribution is 5.66. The van der Waals surface area contributed by atoms with Gasteiger partial charge in [-0.3, -0.25) is 4.79 Å². The van der Waals surface area contributed by atoms with Crippen molar-refractivity contribution in [3.05, 3.63) is 35.4 Å². The molecule has 0 aromatic heterocycles. The Balaban J connectivity index is 2.16. The van der Waals surface area contributed by atoms with E-state index in [0.29, 0.717) is 19.6 Å². The molecule has 0 amide bonds. The third kappa shape index (κ3) is 3.58. The minimum atomic E-state index is -0.665. The molecule has 1 aliphatic rings. The van der Waals surface area contributed by atoms with Crippen LogP contribution in [0, 0.1) is 0 Å². The monoisotopic (exact) mass is 278 g/mol. The molecule has 0 atom stereocenters. The van der Waals surface area contributed by atoms with Gasteiger partial charge < -0.3 is 14.2 Å². The summed E-state index contributed by atoms with van der Waals surface area (Å²) in [4.78, 5) is 11.1. The van der Waals surface area contributed by atoms with Crippen molar-refractivity contribution in [2.45, 2.75) is 45.5 Å². The van der Waals surface area contributed by atoms with Crippen molar-refractivity contribution in [3.63, 3.8) is 0 Å². The van der Waals surface area contributed by atoms with Gasteiger partial charge in [-0.05, 0) is 26.3 Å². The maximum absolute atomic E-state index is 11.1. The van der Waals surface area contributed by atoms with Gasteiger partial charge in [0.1, 0.15) is 5.60 Å². The zero-order valence-electron chi connectivity index (χ0n) is 12.6. The molecule has 0 N–H and O–H groups in total. The molecule has 4 nitrogen and oxygen atoms in total. The number of hydrogen-bond donors (Lipinski definition) is 0. The van der Waals surface area contributed by atoms with Crippen molar-refractivity contribution >= 4 is 5.97 Å². The van der Waals surface area contributed by atoms with Gasteiger partial charge in [0.15, 0.2) is 5.79 Å². The van der Waals surface area contributed by atoms with Gasteiger partial charge in [0.25, 0.3) is 0 Å². The predicted octanol–water partition coefficient (Wildman–Crippen LogP) is 2.79. The zero-order chi connectivity index (χ0) is 14.8. The van der Waals surface area contributed by atoms with E-state index < -0.39 is 11.4 Å². The van der Waals surface area contributed by atoms with Crippen LogP contribution in [0.4, 0.5) is 0 Å². The van der Waals surface area contributed by atoms with E-state index in [9.17, 15) is 4.79 Å². The first-order valence-electron chi connectivity index (χ1n) is 6.88. The molecule has 0 bridgehead atoms. The molecule has 20 heavy (non-hydrogen) atoms. The van der Waals surface area contributed by atoms with Crippen molar-refractivity contribution in [1.29, 1.82) is 0 Å². The lowest BCUT2D eigenvalue weighted by atomic mass is 9.95. The lowest BCUT2D eigenvalue weighted by Crippen LogP contribution is -2.30. The zero-order valence-corrected chi connectivity index (χ0v) is 12.6. The summed E-state index contributed by atoms with van der Waals surface area (Å²) in [6, 6.07) is 8.04. The van der Waals surface area contributed by atoms with Crippen molar-refractivity contribution in [3.8, 4) is 0 Å². The highest BCUT2D eigenvalue weighted by Crippen LogP contribution is 2.31.